The Morgan fingerprint density at radius 3 is 2.50 bits per heavy atom. The number of carbonyl (C=O) groups is 1. The van der Waals surface area contributed by atoms with E-state index in [2.05, 4.69) is 10.3 Å². The van der Waals surface area contributed by atoms with Crippen LogP contribution < -0.4 is 16.0 Å². The molecule has 0 unspecified atom stereocenters. The zero-order valence-electron chi connectivity index (χ0n) is 11.2. The van der Waals surface area contributed by atoms with E-state index in [9.17, 15) is 35.4 Å². The molecule has 8 atom stereocenters. The first kappa shape index (κ1) is 15.4. The lowest BCUT2D eigenvalue weighted by atomic mass is 9.57. The normalized spacial score (nSPS) is 53.9. The summed E-state index contributed by atoms with van der Waals surface area (Å²) in [5.41, 5.74) is 1.15. The fourth-order valence-electron chi connectivity index (χ4n) is 3.72. The second-order valence-corrected chi connectivity index (χ2v) is 5.89. The number of esters is 1. The van der Waals surface area contributed by atoms with Crippen molar-refractivity contribution in [2.24, 2.45) is 11.7 Å². The van der Waals surface area contributed by atoms with Crippen molar-refractivity contribution >= 4 is 11.9 Å². The molecule has 0 aromatic carbocycles. The summed E-state index contributed by atoms with van der Waals surface area (Å²) in [5, 5.41) is 63.5. The predicted octanol–water partition coefficient (Wildman–Crippen LogP) is -7.60. The van der Waals surface area contributed by atoms with Crippen LogP contribution in [0.15, 0.2) is 0 Å². The lowest BCUT2D eigenvalue weighted by molar-refractivity contribution is -0.590. The van der Waals surface area contributed by atoms with E-state index in [-0.39, 0.29) is 5.96 Å². The summed E-state index contributed by atoms with van der Waals surface area (Å²) in [4.78, 5) is 14.2. The van der Waals surface area contributed by atoms with Crippen LogP contribution in [0.3, 0.4) is 0 Å². The average Bonchev–Trinajstić information content (AvgIpc) is 2.46. The summed E-state index contributed by atoms with van der Waals surface area (Å²) in [6.07, 6.45) is -8.87. The first-order valence-electron chi connectivity index (χ1n) is 6.63. The van der Waals surface area contributed by atoms with Gasteiger partial charge >= 0.3 is 11.9 Å². The van der Waals surface area contributed by atoms with E-state index in [1.165, 1.54) is 0 Å². The first-order chi connectivity index (χ1) is 10.2. The van der Waals surface area contributed by atoms with Crippen LogP contribution in [0.4, 0.5) is 0 Å². The van der Waals surface area contributed by atoms with Crippen LogP contribution in [0.2, 0.25) is 0 Å². The number of rotatable bonds is 1. The summed E-state index contributed by atoms with van der Waals surface area (Å²) in [5.74, 6) is -2.89. The molecule has 3 rings (SSSR count). The van der Waals surface area contributed by atoms with Crippen molar-refractivity contribution in [2.75, 3.05) is 6.61 Å². The van der Waals surface area contributed by atoms with Gasteiger partial charge in [-0.25, -0.2) is 4.79 Å². The van der Waals surface area contributed by atoms with E-state index in [0.29, 0.717) is 0 Å². The summed E-state index contributed by atoms with van der Waals surface area (Å²) in [6.45, 7) is -1.04. The Morgan fingerprint density at radius 1 is 1.27 bits per heavy atom. The lowest BCUT2D eigenvalue weighted by Crippen LogP contribution is -3.00. The van der Waals surface area contributed by atoms with Gasteiger partial charge in [-0.05, 0) is 0 Å². The molecule has 0 aromatic heterocycles. The lowest BCUT2D eigenvalue weighted by Gasteiger charge is -2.60. The molecule has 22 heavy (non-hydrogen) atoms. The van der Waals surface area contributed by atoms with Gasteiger partial charge in [-0.1, -0.05) is 0 Å². The molecule has 1 saturated carbocycles. The maximum Gasteiger partial charge on any atom is 0.343 e. The molecular weight excluding hydrogens is 302 g/mol. The number of aliphatic hydroxyl groups excluding tert-OH is 5. The molecule has 124 valence electrons. The molecule has 3 aliphatic rings. The quantitative estimate of drug-likeness (QED) is 0.209. The van der Waals surface area contributed by atoms with Gasteiger partial charge in [0, 0.05) is 0 Å². The number of fused-ring (bicyclic) bond motifs is 1. The minimum absolute atomic E-state index is 0.239. The first-order valence-corrected chi connectivity index (χ1v) is 6.63. The topological polar surface area (TPSA) is 200 Å². The molecular formula is C11H18N3O8+. The van der Waals surface area contributed by atoms with Crippen molar-refractivity contribution in [3.05, 3.63) is 0 Å². The summed E-state index contributed by atoms with van der Waals surface area (Å²) in [7, 11) is 0. The monoisotopic (exact) mass is 320 g/mol. The van der Waals surface area contributed by atoms with E-state index in [1.807, 2.05) is 0 Å². The Morgan fingerprint density at radius 2 is 1.91 bits per heavy atom. The molecule has 2 bridgehead atoms. The van der Waals surface area contributed by atoms with Gasteiger partial charge in [0.2, 0.25) is 0 Å². The highest BCUT2D eigenvalue weighted by molar-refractivity contribution is 5.82. The third kappa shape index (κ3) is 1.55. The summed E-state index contributed by atoms with van der Waals surface area (Å²) < 4.78 is 4.77. The number of guanidine groups is 1. The molecule has 10 N–H and O–H groups in total. The molecule has 1 aliphatic carbocycles. The Bertz CT molecular complexity index is 543. The van der Waals surface area contributed by atoms with E-state index in [1.54, 1.807) is 0 Å². The second-order valence-electron chi connectivity index (χ2n) is 5.89. The van der Waals surface area contributed by atoms with Gasteiger partial charge < -0.3 is 35.4 Å². The molecule has 0 radical (unpaired) electrons. The maximum absolute atomic E-state index is 11.9. The molecule has 1 spiro atoms. The van der Waals surface area contributed by atoms with Crippen LogP contribution in [0.5, 0.6) is 0 Å². The van der Waals surface area contributed by atoms with Crippen LogP contribution >= 0.6 is 0 Å². The van der Waals surface area contributed by atoms with E-state index in [4.69, 9.17) is 10.5 Å². The molecule has 1 saturated heterocycles. The third-order valence-electron chi connectivity index (χ3n) is 4.84. The summed E-state index contributed by atoms with van der Waals surface area (Å²) in [6, 6.07) is 0. The SMILES string of the molecule is NC1=[NH+][C@H](O)[C@H]2[C@@H](O)[C@@](O)(CO)[C@H]3OC(=O)[C@@H](O)[C@]2(N1)[C@@H]3O. The van der Waals surface area contributed by atoms with E-state index in [0.717, 1.165) is 0 Å². The molecule has 0 amide bonds. The highest BCUT2D eigenvalue weighted by Gasteiger charge is 2.77. The number of hydrogen-bond acceptors (Lipinski definition) is 10. The maximum atomic E-state index is 11.9. The van der Waals surface area contributed by atoms with Crippen LogP contribution in [0.1, 0.15) is 0 Å². The Hall–Kier alpha value is -1.50. The van der Waals surface area contributed by atoms with Crippen molar-refractivity contribution in [3.8, 4) is 0 Å². The van der Waals surface area contributed by atoms with Gasteiger partial charge in [0.05, 0.1) is 12.5 Å². The Labute approximate surface area is 123 Å². The van der Waals surface area contributed by atoms with Crippen molar-refractivity contribution in [3.63, 3.8) is 0 Å². The van der Waals surface area contributed by atoms with Crippen molar-refractivity contribution < 1.29 is 45.2 Å². The van der Waals surface area contributed by atoms with Crippen LogP contribution in [-0.2, 0) is 9.53 Å². The number of carbonyl (C=O) groups excluding carboxylic acids is 1. The van der Waals surface area contributed by atoms with Crippen LogP contribution in [-0.4, -0.2) is 91.0 Å². The fraction of sp³-hybridized carbons (Fsp3) is 0.818. The molecule has 2 heterocycles. The summed E-state index contributed by atoms with van der Waals surface area (Å²) >= 11 is 0. The molecule has 11 heteroatoms. The van der Waals surface area contributed by atoms with Crippen molar-refractivity contribution in [1.82, 2.24) is 5.32 Å². The average molecular weight is 320 g/mol. The zero-order valence-corrected chi connectivity index (χ0v) is 11.2. The van der Waals surface area contributed by atoms with Gasteiger partial charge in [0.25, 0.3) is 0 Å². The molecule has 11 nitrogen and oxygen atoms in total. The second kappa shape index (κ2) is 4.50. The Kier molecular flexibility index (Phi) is 3.15. The number of hydrogen-bond donors (Lipinski definition) is 9. The minimum atomic E-state index is -2.42. The standard InChI is InChI=1S/C11H17N3O8/c12-9-13-7(19)2-3(16)10(21,1-15)6-4(17)11(2,14-9)5(18)8(20)22-6/h2-7,15-19,21H,1H2,(H3,12,13,14)/p+1/t2-,3-,4-,5-,6+,7-,10+,11-/m1/s1. The van der Waals surface area contributed by atoms with Gasteiger partial charge in [-0.15, -0.1) is 0 Å². The highest BCUT2D eigenvalue weighted by Crippen LogP contribution is 2.47. The fourth-order valence-corrected chi connectivity index (χ4v) is 3.72. The molecule has 2 fully saturated rings. The Balaban J connectivity index is 2.22. The van der Waals surface area contributed by atoms with Gasteiger partial charge in [0.15, 0.2) is 29.6 Å². The van der Waals surface area contributed by atoms with Gasteiger partial charge in [-0.2, -0.15) is 0 Å². The minimum Gasteiger partial charge on any atom is -0.454 e. The zero-order chi connectivity index (χ0) is 16.4. The van der Waals surface area contributed by atoms with Crippen LogP contribution in [0.25, 0.3) is 0 Å². The van der Waals surface area contributed by atoms with Gasteiger partial charge in [-0.3, -0.25) is 16.0 Å². The van der Waals surface area contributed by atoms with E-state index >= 15 is 0 Å². The predicted molar refractivity (Wildman–Crippen MR) is 65.5 cm³/mol. The smallest absolute Gasteiger partial charge is 0.343 e. The largest absolute Gasteiger partial charge is 0.454 e. The number of aliphatic hydroxyl groups is 6. The molecule has 0 aromatic rings. The van der Waals surface area contributed by atoms with E-state index < -0.39 is 60.3 Å². The highest BCUT2D eigenvalue weighted by atomic mass is 16.6. The number of ether oxygens (including phenoxy) is 1. The van der Waals surface area contributed by atoms with Crippen LogP contribution in [0, 0.1) is 5.92 Å². The van der Waals surface area contributed by atoms with Gasteiger partial charge in [0.1, 0.15) is 12.2 Å². The van der Waals surface area contributed by atoms with Crippen molar-refractivity contribution in [1.29, 1.82) is 0 Å². The molecule has 2 aliphatic heterocycles. The van der Waals surface area contributed by atoms with Crippen molar-refractivity contribution in [2.45, 2.75) is 41.8 Å². The number of nitrogens with two attached hydrogens (primary N) is 1. The third-order valence-corrected chi connectivity index (χ3v) is 4.84. The number of nitrogens with one attached hydrogen (secondary N) is 2.